The van der Waals surface area contributed by atoms with Crippen molar-refractivity contribution in [2.45, 2.75) is 52.7 Å². The zero-order chi connectivity index (χ0) is 25.1. The topological polar surface area (TPSA) is 95.6 Å². The van der Waals surface area contributed by atoms with E-state index in [1.54, 1.807) is 25.3 Å². The van der Waals surface area contributed by atoms with E-state index in [2.05, 4.69) is 0 Å². The molecule has 2 aromatic heterocycles. The van der Waals surface area contributed by atoms with Crippen molar-refractivity contribution in [1.29, 1.82) is 0 Å². The summed E-state index contributed by atoms with van der Waals surface area (Å²) in [4.78, 5) is 17.3. The predicted octanol–water partition coefficient (Wildman–Crippen LogP) is 5.18. The predicted molar refractivity (Wildman–Crippen MR) is 134 cm³/mol. The number of fused-ring (bicyclic) bond motifs is 1. The van der Waals surface area contributed by atoms with Gasteiger partial charge >= 0.3 is 5.97 Å². The zero-order valence-corrected chi connectivity index (χ0v) is 20.5. The third kappa shape index (κ3) is 3.86. The van der Waals surface area contributed by atoms with Crippen molar-refractivity contribution in [3.05, 3.63) is 70.2 Å². The third-order valence-electron chi connectivity index (χ3n) is 6.42. The molecule has 5 rings (SSSR count). The highest BCUT2D eigenvalue weighted by atomic mass is 16.5. The molecule has 1 aliphatic heterocycles. The lowest BCUT2D eigenvalue weighted by Gasteiger charge is -2.28. The number of hydrogen-bond donors (Lipinski definition) is 1. The van der Waals surface area contributed by atoms with Crippen molar-refractivity contribution in [2.75, 3.05) is 6.61 Å². The maximum absolute atomic E-state index is 13.1. The quantitative estimate of drug-likeness (QED) is 0.325. The fourth-order valence-electron chi connectivity index (χ4n) is 4.95. The van der Waals surface area contributed by atoms with Crippen molar-refractivity contribution in [1.82, 2.24) is 4.98 Å². The van der Waals surface area contributed by atoms with E-state index in [9.17, 15) is 15.1 Å². The first-order chi connectivity index (χ1) is 16.6. The van der Waals surface area contributed by atoms with Gasteiger partial charge in [0.2, 0.25) is 5.52 Å². The number of benzene rings is 2. The van der Waals surface area contributed by atoms with Gasteiger partial charge in [-0.2, -0.15) is 4.73 Å². The number of nitrogens with zero attached hydrogens (tertiary/aromatic N) is 2. The van der Waals surface area contributed by atoms with Crippen LogP contribution in [0.25, 0.3) is 32.9 Å². The summed E-state index contributed by atoms with van der Waals surface area (Å²) in [7, 11) is 0. The van der Waals surface area contributed by atoms with E-state index in [-0.39, 0.29) is 0 Å². The average Bonchev–Trinajstić information content (AvgIpc) is 2.80. The first-order valence-electron chi connectivity index (χ1n) is 11.7. The molecule has 1 N–H and O–H groups in total. The standard InChI is InChI=1S/C28H28N2O5/c1-15-14-20-18(7-6-16(2)30(20)33)24(22(15)26(27(31)32)35-28(3,4)5)19-8-9-21-23-17(11-13-34-21)10-12-29-25(19)23/h6-10,12,14,26H,11,13H2,1-5H3,(H,31,32)/t26-/m0/s1. The summed E-state index contributed by atoms with van der Waals surface area (Å²) < 4.78 is 12.9. The van der Waals surface area contributed by atoms with E-state index in [0.717, 1.165) is 33.4 Å². The van der Waals surface area contributed by atoms with Gasteiger partial charge in [0, 0.05) is 53.8 Å². The van der Waals surface area contributed by atoms with E-state index < -0.39 is 17.7 Å². The van der Waals surface area contributed by atoms with Gasteiger partial charge in [0.05, 0.1) is 23.1 Å². The smallest absolute Gasteiger partial charge is 0.337 e. The highest BCUT2D eigenvalue weighted by Gasteiger charge is 2.33. The number of aryl methyl sites for hydroxylation is 2. The number of carbonyl (C=O) groups is 1. The summed E-state index contributed by atoms with van der Waals surface area (Å²) in [5.74, 6) is -0.336. The summed E-state index contributed by atoms with van der Waals surface area (Å²) in [5.41, 5.74) is 4.73. The van der Waals surface area contributed by atoms with Gasteiger partial charge in [0.15, 0.2) is 11.8 Å². The number of pyridine rings is 2. The molecule has 0 spiro atoms. The Morgan fingerprint density at radius 1 is 1.20 bits per heavy atom. The SMILES string of the molecule is Cc1cc2c(ccc(C)[n+]2[O-])c(-c2ccc3c4c(ccnc24)CCO3)c1[C@H](OC(C)(C)C)C(=O)O. The van der Waals surface area contributed by atoms with Crippen molar-refractivity contribution >= 4 is 27.8 Å². The Bertz CT molecular complexity index is 1490. The second-order valence-electron chi connectivity index (χ2n) is 10.0. The van der Waals surface area contributed by atoms with E-state index in [4.69, 9.17) is 14.5 Å². The van der Waals surface area contributed by atoms with Crippen LogP contribution in [-0.4, -0.2) is 28.3 Å². The molecule has 7 heteroatoms. The van der Waals surface area contributed by atoms with Gasteiger partial charge in [0.1, 0.15) is 5.75 Å². The molecule has 7 nitrogen and oxygen atoms in total. The third-order valence-corrected chi connectivity index (χ3v) is 6.42. The molecular formula is C28H28N2O5. The van der Waals surface area contributed by atoms with Gasteiger partial charge in [-0.15, -0.1) is 0 Å². The van der Waals surface area contributed by atoms with Crippen LogP contribution in [0, 0.1) is 19.1 Å². The molecule has 1 atom stereocenters. The number of aliphatic carboxylic acids is 1. The minimum Gasteiger partial charge on any atom is -0.618 e. The average molecular weight is 473 g/mol. The molecule has 2 aromatic carbocycles. The number of hydrogen-bond acceptors (Lipinski definition) is 5. The summed E-state index contributed by atoms with van der Waals surface area (Å²) >= 11 is 0. The molecule has 3 heterocycles. The summed E-state index contributed by atoms with van der Waals surface area (Å²) in [6, 6.07) is 11.2. The lowest BCUT2D eigenvalue weighted by Crippen LogP contribution is -2.32. The van der Waals surface area contributed by atoms with Crippen LogP contribution in [0.2, 0.25) is 0 Å². The number of aromatic nitrogens is 2. The normalized spacial score (nSPS) is 14.2. The fourth-order valence-corrected chi connectivity index (χ4v) is 4.95. The van der Waals surface area contributed by atoms with Crippen molar-refractivity contribution < 1.29 is 24.1 Å². The summed E-state index contributed by atoms with van der Waals surface area (Å²) in [6.45, 7) is 9.66. The molecule has 35 heavy (non-hydrogen) atoms. The fraction of sp³-hybridized carbons (Fsp3) is 0.321. The Balaban J connectivity index is 1.94. The van der Waals surface area contributed by atoms with Gasteiger partial charge < -0.3 is 19.8 Å². The highest BCUT2D eigenvalue weighted by molar-refractivity contribution is 6.07. The number of rotatable bonds is 4. The second-order valence-corrected chi connectivity index (χ2v) is 10.0. The Kier molecular flexibility index (Phi) is 5.40. The summed E-state index contributed by atoms with van der Waals surface area (Å²) in [5, 5.41) is 24.9. The highest BCUT2D eigenvalue weighted by Crippen LogP contribution is 2.44. The Hall–Kier alpha value is -3.71. The minimum atomic E-state index is -1.24. The number of ether oxygens (including phenoxy) is 2. The van der Waals surface area contributed by atoms with Gasteiger partial charge in [-0.25, -0.2) is 4.79 Å². The van der Waals surface area contributed by atoms with Crippen LogP contribution in [0.3, 0.4) is 0 Å². The maximum atomic E-state index is 13.1. The molecule has 0 amide bonds. The Labute approximate surface area is 203 Å². The lowest BCUT2D eigenvalue weighted by atomic mass is 9.86. The number of carboxylic acids is 1. The van der Waals surface area contributed by atoms with Crippen molar-refractivity contribution in [3.8, 4) is 16.9 Å². The first kappa shape index (κ1) is 23.1. The molecular weight excluding hydrogens is 444 g/mol. The van der Waals surface area contributed by atoms with Crippen LogP contribution >= 0.6 is 0 Å². The Morgan fingerprint density at radius 3 is 2.69 bits per heavy atom. The molecule has 180 valence electrons. The van der Waals surface area contributed by atoms with E-state index in [1.165, 1.54) is 0 Å². The van der Waals surface area contributed by atoms with E-state index in [1.807, 2.05) is 52.0 Å². The lowest BCUT2D eigenvalue weighted by molar-refractivity contribution is -0.584. The molecule has 0 saturated carbocycles. The summed E-state index contributed by atoms with van der Waals surface area (Å²) in [6.07, 6.45) is 1.30. The minimum absolute atomic E-state index is 0.470. The molecule has 0 bridgehead atoms. The second kappa shape index (κ2) is 8.20. The molecule has 4 aromatic rings. The van der Waals surface area contributed by atoms with Crippen LogP contribution < -0.4 is 9.47 Å². The van der Waals surface area contributed by atoms with Gasteiger partial charge in [-0.05, 0) is 63.1 Å². The Morgan fingerprint density at radius 2 is 1.97 bits per heavy atom. The molecule has 0 fully saturated rings. The van der Waals surface area contributed by atoms with E-state index in [0.29, 0.717) is 45.4 Å². The molecule has 0 unspecified atom stereocenters. The molecule has 0 aliphatic carbocycles. The molecule has 0 saturated heterocycles. The maximum Gasteiger partial charge on any atom is 0.337 e. The number of carboxylic acid groups (broad SMARTS) is 1. The van der Waals surface area contributed by atoms with Crippen LogP contribution in [-0.2, 0) is 16.0 Å². The van der Waals surface area contributed by atoms with Gasteiger partial charge in [0.25, 0.3) is 0 Å². The molecule has 1 aliphatic rings. The monoisotopic (exact) mass is 472 g/mol. The molecule has 0 radical (unpaired) electrons. The van der Waals surface area contributed by atoms with Crippen molar-refractivity contribution in [2.24, 2.45) is 0 Å². The van der Waals surface area contributed by atoms with Crippen molar-refractivity contribution in [3.63, 3.8) is 0 Å². The van der Waals surface area contributed by atoms with Gasteiger partial charge in [-0.1, -0.05) is 0 Å². The van der Waals surface area contributed by atoms with Crippen LogP contribution in [0.15, 0.2) is 42.6 Å². The first-order valence-corrected chi connectivity index (χ1v) is 11.7. The van der Waals surface area contributed by atoms with Crippen LogP contribution in [0.5, 0.6) is 5.75 Å². The van der Waals surface area contributed by atoms with Gasteiger partial charge in [-0.3, -0.25) is 4.98 Å². The van der Waals surface area contributed by atoms with E-state index >= 15 is 0 Å². The van der Waals surface area contributed by atoms with Crippen LogP contribution in [0.4, 0.5) is 0 Å². The largest absolute Gasteiger partial charge is 0.618 e. The van der Waals surface area contributed by atoms with Crippen LogP contribution in [0.1, 0.15) is 49.3 Å². The zero-order valence-electron chi connectivity index (χ0n) is 20.5.